The summed E-state index contributed by atoms with van der Waals surface area (Å²) in [5, 5.41) is 0.654. The van der Waals surface area contributed by atoms with Gasteiger partial charge in [0.1, 0.15) is 11.3 Å². The molecule has 1 aromatic heterocycles. The molecule has 0 unspecified atom stereocenters. The summed E-state index contributed by atoms with van der Waals surface area (Å²) in [7, 11) is -3.79. The van der Waals surface area contributed by atoms with Gasteiger partial charge < -0.3 is 4.90 Å². The van der Waals surface area contributed by atoms with Gasteiger partial charge in [0, 0.05) is 49.5 Å². The molecule has 0 bridgehead atoms. The Balaban J connectivity index is 1.29. The predicted molar refractivity (Wildman–Crippen MR) is 131 cm³/mol. The van der Waals surface area contributed by atoms with Gasteiger partial charge in [0.2, 0.25) is 10.0 Å². The van der Waals surface area contributed by atoms with Gasteiger partial charge in [0.15, 0.2) is 0 Å². The number of pyridine rings is 1. The summed E-state index contributed by atoms with van der Waals surface area (Å²) in [4.78, 5) is 9.31. The Hall–Kier alpha value is -2.55. The van der Waals surface area contributed by atoms with Crippen molar-refractivity contribution in [1.29, 1.82) is 0 Å². The zero-order valence-corrected chi connectivity index (χ0v) is 20.1. The molecule has 3 aliphatic rings. The Morgan fingerprint density at radius 1 is 1.06 bits per heavy atom. The number of benzene rings is 2. The highest BCUT2D eigenvalue weighted by molar-refractivity contribution is 7.89. The third-order valence-electron chi connectivity index (χ3n) is 7.52. The number of nitrogens with zero attached hydrogens (tertiary/aromatic N) is 3. The van der Waals surface area contributed by atoms with Gasteiger partial charge >= 0.3 is 0 Å². The van der Waals surface area contributed by atoms with E-state index in [-0.39, 0.29) is 5.52 Å². The zero-order valence-electron chi connectivity index (χ0n) is 19.3. The number of piperazine rings is 1. The van der Waals surface area contributed by atoms with Gasteiger partial charge in [-0.05, 0) is 68.0 Å². The first-order valence-electron chi connectivity index (χ1n) is 12.0. The summed E-state index contributed by atoms with van der Waals surface area (Å²) in [6, 6.07) is 13.1. The van der Waals surface area contributed by atoms with Gasteiger partial charge in [0.25, 0.3) is 0 Å². The number of halogens is 1. The number of sulfonamides is 1. The average molecular weight is 481 g/mol. The molecule has 3 fully saturated rings. The lowest BCUT2D eigenvalue weighted by atomic mass is 10.00. The van der Waals surface area contributed by atoms with Crippen LogP contribution in [0, 0.1) is 12.7 Å². The van der Waals surface area contributed by atoms with Crippen LogP contribution >= 0.6 is 0 Å². The van der Waals surface area contributed by atoms with Crippen LogP contribution in [0.25, 0.3) is 10.9 Å². The third-order valence-corrected chi connectivity index (χ3v) is 9.20. The van der Waals surface area contributed by atoms with Crippen LogP contribution in [-0.4, -0.2) is 50.5 Å². The van der Waals surface area contributed by atoms with E-state index in [0.29, 0.717) is 28.7 Å². The monoisotopic (exact) mass is 480 g/mol. The average Bonchev–Trinajstić information content (AvgIpc) is 3.76. The lowest BCUT2D eigenvalue weighted by Gasteiger charge is -2.36. The molecule has 6 rings (SSSR count). The molecule has 0 radical (unpaired) electrons. The Morgan fingerprint density at radius 3 is 2.53 bits per heavy atom. The summed E-state index contributed by atoms with van der Waals surface area (Å²) in [6.45, 7) is 5.69. The highest BCUT2D eigenvalue weighted by Gasteiger charge is 2.49. The molecule has 6 nitrogen and oxygen atoms in total. The molecule has 0 atom stereocenters. The molecule has 3 aromatic rings. The Kier molecular flexibility index (Phi) is 5.17. The van der Waals surface area contributed by atoms with Crippen molar-refractivity contribution in [2.24, 2.45) is 0 Å². The first-order chi connectivity index (χ1) is 16.4. The summed E-state index contributed by atoms with van der Waals surface area (Å²) in [6.07, 6.45) is 5.51. The maximum atomic E-state index is 14.3. The van der Waals surface area contributed by atoms with E-state index in [1.807, 2.05) is 31.2 Å². The minimum absolute atomic E-state index is 0.272. The molecule has 2 heterocycles. The SMILES string of the molecule is Cc1ccc(N2CCN(C3CC3)CC2)cc1S(=O)(=O)NC1(c2ccc(F)c3ncccc23)CC1. The van der Waals surface area contributed by atoms with Crippen LogP contribution in [0.5, 0.6) is 0 Å². The molecule has 34 heavy (non-hydrogen) atoms. The summed E-state index contributed by atoms with van der Waals surface area (Å²) in [5.41, 5.74) is 1.99. The third kappa shape index (κ3) is 3.87. The molecule has 1 saturated heterocycles. The second-order valence-electron chi connectivity index (χ2n) is 9.89. The van der Waals surface area contributed by atoms with Crippen molar-refractivity contribution < 1.29 is 12.8 Å². The molecule has 2 saturated carbocycles. The fourth-order valence-electron chi connectivity index (χ4n) is 5.28. The first-order valence-corrected chi connectivity index (χ1v) is 13.5. The summed E-state index contributed by atoms with van der Waals surface area (Å²) in [5.74, 6) is -0.400. The first kappa shape index (κ1) is 21.9. The smallest absolute Gasteiger partial charge is 0.241 e. The lowest BCUT2D eigenvalue weighted by Crippen LogP contribution is -2.47. The van der Waals surface area contributed by atoms with Gasteiger partial charge in [-0.3, -0.25) is 9.88 Å². The van der Waals surface area contributed by atoms with Gasteiger partial charge in [0.05, 0.1) is 10.4 Å². The van der Waals surface area contributed by atoms with Crippen molar-refractivity contribution in [1.82, 2.24) is 14.6 Å². The largest absolute Gasteiger partial charge is 0.369 e. The zero-order chi connectivity index (χ0) is 23.5. The molecule has 8 heteroatoms. The Labute approximate surface area is 199 Å². The van der Waals surface area contributed by atoms with Crippen molar-refractivity contribution >= 4 is 26.6 Å². The minimum atomic E-state index is -3.79. The topological polar surface area (TPSA) is 65.5 Å². The molecule has 2 aromatic carbocycles. The molecule has 1 N–H and O–H groups in total. The number of aromatic nitrogens is 1. The van der Waals surface area contributed by atoms with E-state index in [2.05, 4.69) is 19.5 Å². The number of rotatable bonds is 6. The number of fused-ring (bicyclic) bond motifs is 1. The number of hydrogen-bond donors (Lipinski definition) is 1. The van der Waals surface area contributed by atoms with E-state index >= 15 is 0 Å². The Morgan fingerprint density at radius 2 is 1.82 bits per heavy atom. The van der Waals surface area contributed by atoms with Crippen LogP contribution < -0.4 is 9.62 Å². The van der Waals surface area contributed by atoms with Gasteiger partial charge in [-0.25, -0.2) is 17.5 Å². The van der Waals surface area contributed by atoms with Crippen LogP contribution in [0.2, 0.25) is 0 Å². The summed E-state index contributed by atoms with van der Waals surface area (Å²) < 4.78 is 44.6. The van der Waals surface area contributed by atoms with E-state index in [0.717, 1.165) is 43.5 Å². The van der Waals surface area contributed by atoms with Crippen LogP contribution in [0.1, 0.15) is 36.8 Å². The molecular weight excluding hydrogens is 451 g/mol. The highest BCUT2D eigenvalue weighted by Crippen LogP contribution is 2.49. The van der Waals surface area contributed by atoms with Crippen molar-refractivity contribution in [3.63, 3.8) is 0 Å². The molecular formula is C26H29FN4O2S. The maximum absolute atomic E-state index is 14.3. The highest BCUT2D eigenvalue weighted by atomic mass is 32.2. The van der Waals surface area contributed by atoms with Crippen molar-refractivity contribution in [2.45, 2.75) is 49.1 Å². The maximum Gasteiger partial charge on any atom is 0.241 e. The lowest BCUT2D eigenvalue weighted by molar-refractivity contribution is 0.248. The van der Waals surface area contributed by atoms with Crippen molar-refractivity contribution in [3.8, 4) is 0 Å². The minimum Gasteiger partial charge on any atom is -0.369 e. The predicted octanol–water partition coefficient (Wildman–Crippen LogP) is 3.93. The van der Waals surface area contributed by atoms with Gasteiger partial charge in [-0.2, -0.15) is 0 Å². The standard InChI is InChI=1S/C26H29FN4O2S/c1-18-4-5-20(31-15-13-30(14-16-31)19-6-7-19)17-24(18)34(32,33)29-26(10-11-26)22-8-9-23(27)25-21(22)3-2-12-28-25/h2-5,8-9,12,17,19,29H,6-7,10-11,13-16H2,1H3. The van der Waals surface area contributed by atoms with Crippen LogP contribution in [0.4, 0.5) is 10.1 Å². The van der Waals surface area contributed by atoms with Crippen LogP contribution in [0.15, 0.2) is 53.6 Å². The second kappa shape index (κ2) is 8.00. The normalized spacial score (nSPS) is 20.6. The molecule has 2 aliphatic carbocycles. The number of nitrogens with one attached hydrogen (secondary N) is 1. The summed E-state index contributed by atoms with van der Waals surface area (Å²) >= 11 is 0. The molecule has 0 spiro atoms. The van der Waals surface area contributed by atoms with Gasteiger partial charge in [-0.15, -0.1) is 0 Å². The number of hydrogen-bond acceptors (Lipinski definition) is 5. The Bertz CT molecular complexity index is 1360. The van der Waals surface area contributed by atoms with Crippen LogP contribution in [-0.2, 0) is 15.6 Å². The van der Waals surface area contributed by atoms with E-state index in [1.54, 1.807) is 18.3 Å². The van der Waals surface area contributed by atoms with Gasteiger partial charge in [-0.1, -0.05) is 18.2 Å². The van der Waals surface area contributed by atoms with E-state index < -0.39 is 21.4 Å². The van der Waals surface area contributed by atoms with Crippen LogP contribution in [0.3, 0.4) is 0 Å². The molecule has 1 aliphatic heterocycles. The molecule has 178 valence electrons. The van der Waals surface area contributed by atoms with E-state index in [9.17, 15) is 12.8 Å². The fraction of sp³-hybridized carbons (Fsp3) is 0.423. The number of aryl methyl sites for hydroxylation is 1. The van der Waals surface area contributed by atoms with E-state index in [4.69, 9.17) is 0 Å². The van der Waals surface area contributed by atoms with E-state index in [1.165, 1.54) is 18.9 Å². The number of anilines is 1. The quantitative estimate of drug-likeness (QED) is 0.579. The van der Waals surface area contributed by atoms with Crippen molar-refractivity contribution in [3.05, 3.63) is 65.6 Å². The fourth-order valence-corrected chi connectivity index (χ4v) is 6.99. The molecule has 0 amide bonds. The second-order valence-corrected chi connectivity index (χ2v) is 11.5. The van der Waals surface area contributed by atoms with Crippen molar-refractivity contribution in [2.75, 3.05) is 31.1 Å².